The highest BCUT2D eigenvalue weighted by Gasteiger charge is 2.27. The second kappa shape index (κ2) is 11.8. The van der Waals surface area contributed by atoms with Crippen LogP contribution in [0.15, 0.2) is 53.7 Å². The van der Waals surface area contributed by atoms with E-state index < -0.39 is 10.0 Å². The number of amides is 2. The summed E-state index contributed by atoms with van der Waals surface area (Å²) in [5.41, 5.74) is 0.936. The first-order valence-electron chi connectivity index (χ1n) is 11.1. The van der Waals surface area contributed by atoms with Crippen molar-refractivity contribution < 1.29 is 22.7 Å². The molecule has 178 valence electrons. The third-order valence-corrected chi connectivity index (χ3v) is 6.96. The molecule has 1 aliphatic heterocycles. The number of aromatic nitrogens is 1. The maximum absolute atomic E-state index is 12.5. The van der Waals surface area contributed by atoms with Crippen LogP contribution in [0.1, 0.15) is 31.7 Å². The van der Waals surface area contributed by atoms with Gasteiger partial charge in [-0.15, -0.1) is 0 Å². The highest BCUT2D eigenvalue weighted by molar-refractivity contribution is 7.89. The van der Waals surface area contributed by atoms with Crippen molar-refractivity contribution >= 4 is 21.8 Å². The van der Waals surface area contributed by atoms with Gasteiger partial charge in [0.1, 0.15) is 5.75 Å². The minimum atomic E-state index is -3.70. The van der Waals surface area contributed by atoms with Gasteiger partial charge in [-0.2, -0.15) is 0 Å². The van der Waals surface area contributed by atoms with Crippen LogP contribution in [-0.4, -0.2) is 56.4 Å². The molecule has 9 nitrogen and oxygen atoms in total. The van der Waals surface area contributed by atoms with Crippen molar-refractivity contribution in [3.8, 4) is 5.75 Å². The normalized spacial score (nSPS) is 14.6. The molecule has 1 aliphatic rings. The van der Waals surface area contributed by atoms with Crippen LogP contribution in [0.2, 0.25) is 0 Å². The summed E-state index contributed by atoms with van der Waals surface area (Å²) in [5, 5.41) is 2.92. The van der Waals surface area contributed by atoms with Gasteiger partial charge in [-0.05, 0) is 55.7 Å². The van der Waals surface area contributed by atoms with E-state index >= 15 is 0 Å². The Kier molecular flexibility index (Phi) is 8.79. The molecule has 0 radical (unpaired) electrons. The number of benzene rings is 1. The highest BCUT2D eigenvalue weighted by Crippen LogP contribution is 2.19. The zero-order valence-electron chi connectivity index (χ0n) is 18.7. The number of hydrogen-bond donors (Lipinski definition) is 2. The molecule has 0 aliphatic carbocycles. The molecule has 3 rings (SSSR count). The molecular weight excluding hydrogens is 444 g/mol. The first kappa shape index (κ1) is 24.7. The summed E-state index contributed by atoms with van der Waals surface area (Å²) in [6, 6.07) is 9.86. The van der Waals surface area contributed by atoms with E-state index in [1.54, 1.807) is 29.4 Å². The van der Waals surface area contributed by atoms with Crippen molar-refractivity contribution in [2.45, 2.75) is 37.6 Å². The average Bonchev–Trinajstić information content (AvgIpc) is 2.83. The number of hydrogen-bond acceptors (Lipinski definition) is 6. The van der Waals surface area contributed by atoms with Gasteiger partial charge in [-0.25, -0.2) is 13.1 Å². The topological polar surface area (TPSA) is 118 Å². The fourth-order valence-corrected chi connectivity index (χ4v) is 4.67. The van der Waals surface area contributed by atoms with E-state index in [9.17, 15) is 18.0 Å². The van der Waals surface area contributed by atoms with Crippen LogP contribution in [0, 0.1) is 5.92 Å². The number of nitrogens with zero attached hydrogens (tertiary/aromatic N) is 2. The smallest absolute Gasteiger partial charge is 0.240 e. The summed E-state index contributed by atoms with van der Waals surface area (Å²) >= 11 is 0. The number of ether oxygens (including phenoxy) is 1. The summed E-state index contributed by atoms with van der Waals surface area (Å²) < 4.78 is 32.6. The summed E-state index contributed by atoms with van der Waals surface area (Å²) in [6.45, 7) is 3.76. The first-order chi connectivity index (χ1) is 15.9. The monoisotopic (exact) mass is 474 g/mol. The molecular formula is C23H30N4O5S. The van der Waals surface area contributed by atoms with Gasteiger partial charge >= 0.3 is 0 Å². The van der Waals surface area contributed by atoms with Crippen molar-refractivity contribution in [1.82, 2.24) is 19.9 Å². The Balaban J connectivity index is 1.38. The van der Waals surface area contributed by atoms with Gasteiger partial charge < -0.3 is 15.0 Å². The van der Waals surface area contributed by atoms with Gasteiger partial charge in [0, 0.05) is 50.9 Å². The number of pyridine rings is 1. The zero-order valence-corrected chi connectivity index (χ0v) is 19.5. The number of piperidine rings is 1. The Bertz CT molecular complexity index is 1020. The number of nitrogens with one attached hydrogen (secondary N) is 2. The van der Waals surface area contributed by atoms with Gasteiger partial charge in [0.25, 0.3) is 0 Å². The van der Waals surface area contributed by atoms with E-state index in [4.69, 9.17) is 4.74 Å². The molecule has 10 heteroatoms. The molecule has 1 saturated heterocycles. The first-order valence-corrected chi connectivity index (χ1v) is 12.5. The van der Waals surface area contributed by atoms with Gasteiger partial charge in [0.15, 0.2) is 0 Å². The molecule has 33 heavy (non-hydrogen) atoms. The number of carbonyl (C=O) groups is 2. The quantitative estimate of drug-likeness (QED) is 0.541. The van der Waals surface area contributed by atoms with E-state index in [1.165, 1.54) is 12.1 Å². The molecule has 2 aromatic rings. The Labute approximate surface area is 194 Å². The van der Waals surface area contributed by atoms with Crippen molar-refractivity contribution in [2.24, 2.45) is 5.92 Å². The lowest BCUT2D eigenvalue weighted by atomic mass is 9.95. The largest absolute Gasteiger partial charge is 0.494 e. The third kappa shape index (κ3) is 7.26. The molecule has 2 N–H and O–H groups in total. The van der Waals surface area contributed by atoms with E-state index in [2.05, 4.69) is 15.0 Å². The van der Waals surface area contributed by atoms with Crippen LogP contribution in [0.25, 0.3) is 0 Å². The number of sulfonamides is 1. The summed E-state index contributed by atoms with van der Waals surface area (Å²) in [7, 11) is -3.70. The molecule has 1 aromatic carbocycles. The molecule has 0 saturated carbocycles. The molecule has 0 bridgehead atoms. The third-order valence-electron chi connectivity index (χ3n) is 5.48. The Hall–Kier alpha value is -2.98. The number of likely N-dealkylation sites (tertiary alicyclic amines) is 1. The van der Waals surface area contributed by atoms with Crippen LogP contribution in [0.4, 0.5) is 0 Å². The summed E-state index contributed by atoms with van der Waals surface area (Å²) in [4.78, 5) is 30.7. The van der Waals surface area contributed by atoms with Crippen molar-refractivity contribution in [2.75, 3.05) is 26.2 Å². The van der Waals surface area contributed by atoms with Crippen molar-refractivity contribution in [3.63, 3.8) is 0 Å². The standard InChI is InChI=1S/C23H30N4O5S/c1-2-32-20-5-7-21(8-6-20)33(30,31)26-13-9-22(28)27-14-10-19(11-15-27)23(29)25-17-18-4-3-12-24-16-18/h3-8,12,16,19,26H,2,9-11,13-15,17H2,1H3,(H,25,29). The Morgan fingerprint density at radius 1 is 1.15 bits per heavy atom. The lowest BCUT2D eigenvalue weighted by Crippen LogP contribution is -2.43. The van der Waals surface area contributed by atoms with Crippen LogP contribution in [0.5, 0.6) is 5.75 Å². The maximum Gasteiger partial charge on any atom is 0.240 e. The van der Waals surface area contributed by atoms with Gasteiger partial charge in [0.2, 0.25) is 21.8 Å². The van der Waals surface area contributed by atoms with E-state index in [0.29, 0.717) is 44.8 Å². The molecule has 1 aromatic heterocycles. The van der Waals surface area contributed by atoms with E-state index in [-0.39, 0.29) is 35.6 Å². The second-order valence-electron chi connectivity index (χ2n) is 7.79. The van der Waals surface area contributed by atoms with E-state index in [0.717, 1.165) is 5.56 Å². The predicted octanol–water partition coefficient (Wildman–Crippen LogP) is 1.70. The SMILES string of the molecule is CCOc1ccc(S(=O)(=O)NCCC(=O)N2CCC(C(=O)NCc3cccnc3)CC2)cc1. The maximum atomic E-state index is 12.5. The molecule has 1 fully saturated rings. The molecule has 0 atom stereocenters. The molecule has 0 spiro atoms. The minimum absolute atomic E-state index is 0.0138. The number of rotatable bonds is 10. The van der Waals surface area contributed by atoms with Crippen LogP contribution in [0.3, 0.4) is 0 Å². The number of carbonyl (C=O) groups excluding carboxylic acids is 2. The van der Waals surface area contributed by atoms with Crippen LogP contribution in [-0.2, 0) is 26.2 Å². The van der Waals surface area contributed by atoms with Crippen LogP contribution < -0.4 is 14.8 Å². The van der Waals surface area contributed by atoms with Gasteiger partial charge in [-0.1, -0.05) is 6.07 Å². The predicted molar refractivity (Wildman–Crippen MR) is 123 cm³/mol. The van der Waals surface area contributed by atoms with Crippen molar-refractivity contribution in [3.05, 3.63) is 54.4 Å². The molecule has 2 heterocycles. The second-order valence-corrected chi connectivity index (χ2v) is 9.55. The highest BCUT2D eigenvalue weighted by atomic mass is 32.2. The summed E-state index contributed by atoms with van der Waals surface area (Å²) in [5.74, 6) is 0.317. The summed E-state index contributed by atoms with van der Waals surface area (Å²) in [6.07, 6.45) is 4.63. The van der Waals surface area contributed by atoms with E-state index in [1.807, 2.05) is 19.1 Å². The van der Waals surface area contributed by atoms with Gasteiger partial charge in [0.05, 0.1) is 11.5 Å². The van der Waals surface area contributed by atoms with Crippen molar-refractivity contribution in [1.29, 1.82) is 0 Å². The minimum Gasteiger partial charge on any atom is -0.494 e. The average molecular weight is 475 g/mol. The Morgan fingerprint density at radius 2 is 1.88 bits per heavy atom. The Morgan fingerprint density at radius 3 is 2.52 bits per heavy atom. The van der Waals surface area contributed by atoms with Crippen LogP contribution >= 0.6 is 0 Å². The molecule has 2 amide bonds. The fourth-order valence-electron chi connectivity index (χ4n) is 3.64. The zero-order chi connectivity index (χ0) is 23.7. The lowest BCUT2D eigenvalue weighted by Gasteiger charge is -2.31. The lowest BCUT2D eigenvalue weighted by molar-refractivity contribution is -0.135. The fraction of sp³-hybridized carbons (Fsp3) is 0.435. The molecule has 0 unspecified atom stereocenters. The van der Waals surface area contributed by atoms with Gasteiger partial charge in [-0.3, -0.25) is 14.6 Å².